The highest BCUT2D eigenvalue weighted by Gasteiger charge is 2.16. The Bertz CT molecular complexity index is 304. The molecule has 0 saturated carbocycles. The maximum absolute atomic E-state index is 5.67. The normalized spacial score (nSPS) is 22.2. The van der Waals surface area contributed by atoms with E-state index in [1.165, 1.54) is 5.56 Å². The third-order valence-corrected chi connectivity index (χ3v) is 2.77. The fourth-order valence-electron chi connectivity index (χ4n) is 1.87. The van der Waals surface area contributed by atoms with Crippen molar-refractivity contribution in [2.45, 2.75) is 12.6 Å². The number of hydrogen-bond donors (Lipinski definition) is 1. The zero-order valence-electron chi connectivity index (χ0n) is 9.72. The molecule has 0 aromatic carbocycles. The highest BCUT2D eigenvalue weighted by atomic mass is 16.5. The van der Waals surface area contributed by atoms with E-state index >= 15 is 0 Å². The Balaban J connectivity index is 1.68. The number of aromatic nitrogens is 1. The lowest BCUT2D eigenvalue weighted by molar-refractivity contribution is -0.0182. The summed E-state index contributed by atoms with van der Waals surface area (Å²) < 4.78 is 5.67. The van der Waals surface area contributed by atoms with E-state index in [4.69, 9.17) is 4.74 Å². The quantitative estimate of drug-likeness (QED) is 0.803. The number of morpholine rings is 1. The van der Waals surface area contributed by atoms with Gasteiger partial charge in [0.05, 0.1) is 12.7 Å². The second-order valence-electron chi connectivity index (χ2n) is 4.25. The third-order valence-electron chi connectivity index (χ3n) is 2.77. The number of hydrogen-bond acceptors (Lipinski definition) is 4. The van der Waals surface area contributed by atoms with Gasteiger partial charge in [0.25, 0.3) is 0 Å². The molecule has 2 rings (SSSR count). The van der Waals surface area contributed by atoms with Crippen LogP contribution in [0.25, 0.3) is 0 Å². The molecule has 1 N–H and O–H groups in total. The lowest BCUT2D eigenvalue weighted by Crippen LogP contribution is -2.44. The smallest absolute Gasteiger partial charge is 0.0826 e. The van der Waals surface area contributed by atoms with Gasteiger partial charge in [0.15, 0.2) is 0 Å². The van der Waals surface area contributed by atoms with Crippen LogP contribution in [0.2, 0.25) is 0 Å². The van der Waals surface area contributed by atoms with Crippen molar-refractivity contribution in [2.75, 3.05) is 33.3 Å². The van der Waals surface area contributed by atoms with Crippen LogP contribution in [-0.2, 0) is 11.3 Å². The molecule has 1 aliphatic heterocycles. The maximum Gasteiger partial charge on any atom is 0.0826 e. The first-order valence-electron chi connectivity index (χ1n) is 5.74. The fraction of sp³-hybridized carbons (Fsp3) is 0.583. The van der Waals surface area contributed by atoms with Crippen LogP contribution in [0.15, 0.2) is 24.5 Å². The van der Waals surface area contributed by atoms with Crippen molar-refractivity contribution >= 4 is 0 Å². The van der Waals surface area contributed by atoms with Gasteiger partial charge in [0.2, 0.25) is 0 Å². The lowest BCUT2D eigenvalue weighted by atomic mass is 10.2. The van der Waals surface area contributed by atoms with Crippen LogP contribution in [0.5, 0.6) is 0 Å². The van der Waals surface area contributed by atoms with Crippen molar-refractivity contribution in [3.63, 3.8) is 0 Å². The van der Waals surface area contributed by atoms with Gasteiger partial charge in [-0.05, 0) is 18.7 Å². The third kappa shape index (κ3) is 3.56. The summed E-state index contributed by atoms with van der Waals surface area (Å²) in [5.74, 6) is 0. The van der Waals surface area contributed by atoms with Gasteiger partial charge in [-0.3, -0.25) is 4.98 Å². The monoisotopic (exact) mass is 221 g/mol. The maximum atomic E-state index is 5.67. The molecule has 1 saturated heterocycles. The first kappa shape index (κ1) is 11.5. The van der Waals surface area contributed by atoms with Gasteiger partial charge in [0.1, 0.15) is 0 Å². The molecule has 0 spiro atoms. The number of rotatable bonds is 4. The Hall–Kier alpha value is -0.970. The predicted molar refractivity (Wildman–Crippen MR) is 63.2 cm³/mol. The van der Waals surface area contributed by atoms with Crippen LogP contribution in [0, 0.1) is 0 Å². The minimum Gasteiger partial charge on any atom is -0.374 e. The average molecular weight is 221 g/mol. The van der Waals surface area contributed by atoms with Crippen molar-refractivity contribution < 1.29 is 4.74 Å². The zero-order chi connectivity index (χ0) is 11.2. The van der Waals surface area contributed by atoms with Crippen molar-refractivity contribution in [3.8, 4) is 0 Å². The van der Waals surface area contributed by atoms with Crippen molar-refractivity contribution in [2.24, 2.45) is 0 Å². The van der Waals surface area contributed by atoms with E-state index < -0.39 is 0 Å². The molecule has 1 unspecified atom stereocenters. The molecule has 2 heterocycles. The number of nitrogens with zero attached hydrogens (tertiary/aromatic N) is 2. The summed E-state index contributed by atoms with van der Waals surface area (Å²) in [7, 11) is 2.14. The molecule has 1 fully saturated rings. The molecule has 4 nitrogen and oxygen atoms in total. The minimum absolute atomic E-state index is 0.315. The Morgan fingerprint density at radius 1 is 1.62 bits per heavy atom. The van der Waals surface area contributed by atoms with E-state index in [1.807, 2.05) is 12.3 Å². The molecule has 0 bridgehead atoms. The van der Waals surface area contributed by atoms with E-state index in [0.29, 0.717) is 6.10 Å². The highest BCUT2D eigenvalue weighted by Crippen LogP contribution is 2.02. The van der Waals surface area contributed by atoms with Crippen LogP contribution in [-0.4, -0.2) is 49.3 Å². The van der Waals surface area contributed by atoms with Crippen molar-refractivity contribution in [3.05, 3.63) is 30.1 Å². The molecule has 1 atom stereocenters. The van der Waals surface area contributed by atoms with Gasteiger partial charge in [0, 0.05) is 38.6 Å². The molecule has 1 aromatic rings. The first-order valence-corrected chi connectivity index (χ1v) is 5.74. The largest absolute Gasteiger partial charge is 0.374 e. The van der Waals surface area contributed by atoms with Crippen molar-refractivity contribution in [1.29, 1.82) is 0 Å². The average Bonchev–Trinajstić information content (AvgIpc) is 2.30. The van der Waals surface area contributed by atoms with E-state index in [0.717, 1.165) is 32.8 Å². The second-order valence-corrected chi connectivity index (χ2v) is 4.25. The van der Waals surface area contributed by atoms with Gasteiger partial charge in [-0.15, -0.1) is 0 Å². The number of ether oxygens (including phenoxy) is 1. The number of pyridine rings is 1. The van der Waals surface area contributed by atoms with E-state index in [-0.39, 0.29) is 0 Å². The Labute approximate surface area is 96.6 Å². The Morgan fingerprint density at radius 2 is 2.56 bits per heavy atom. The molecule has 1 aromatic heterocycles. The molecular weight excluding hydrogens is 202 g/mol. The van der Waals surface area contributed by atoms with Gasteiger partial charge in [-0.2, -0.15) is 0 Å². The standard InChI is InChI=1S/C12H19N3O/c1-15-5-6-16-12(10-15)9-14-8-11-3-2-4-13-7-11/h2-4,7,12,14H,5-6,8-10H2,1H3. The predicted octanol–water partition coefficient (Wildman–Crippen LogP) is 0.502. The van der Waals surface area contributed by atoms with Crippen LogP contribution in [0.3, 0.4) is 0 Å². The summed E-state index contributed by atoms with van der Waals surface area (Å²) in [4.78, 5) is 6.39. The summed E-state index contributed by atoms with van der Waals surface area (Å²) >= 11 is 0. The van der Waals surface area contributed by atoms with E-state index in [2.05, 4.69) is 28.3 Å². The van der Waals surface area contributed by atoms with Crippen LogP contribution in [0.1, 0.15) is 5.56 Å². The van der Waals surface area contributed by atoms with Crippen LogP contribution >= 0.6 is 0 Å². The molecule has 88 valence electrons. The van der Waals surface area contributed by atoms with E-state index in [1.54, 1.807) is 6.20 Å². The summed E-state index contributed by atoms with van der Waals surface area (Å²) in [6.07, 6.45) is 4.00. The van der Waals surface area contributed by atoms with Crippen molar-refractivity contribution in [1.82, 2.24) is 15.2 Å². The zero-order valence-corrected chi connectivity index (χ0v) is 9.72. The summed E-state index contributed by atoms with van der Waals surface area (Å²) in [5.41, 5.74) is 1.21. The molecule has 4 heteroatoms. The summed E-state index contributed by atoms with van der Waals surface area (Å²) in [6, 6.07) is 4.04. The number of likely N-dealkylation sites (N-methyl/N-ethyl adjacent to an activating group) is 1. The van der Waals surface area contributed by atoms with Gasteiger partial charge >= 0.3 is 0 Å². The fourth-order valence-corrected chi connectivity index (χ4v) is 1.87. The molecule has 0 amide bonds. The molecule has 16 heavy (non-hydrogen) atoms. The molecule has 0 aliphatic carbocycles. The molecule has 1 aliphatic rings. The summed E-state index contributed by atoms with van der Waals surface area (Å²) in [5, 5.41) is 3.40. The SMILES string of the molecule is CN1CCOC(CNCc2cccnc2)C1. The Kier molecular flexibility index (Phi) is 4.27. The first-order chi connectivity index (χ1) is 7.84. The van der Waals surface area contributed by atoms with Crippen LogP contribution < -0.4 is 5.32 Å². The second kappa shape index (κ2) is 5.94. The van der Waals surface area contributed by atoms with Gasteiger partial charge < -0.3 is 15.0 Å². The molecule has 0 radical (unpaired) electrons. The van der Waals surface area contributed by atoms with Crippen LogP contribution in [0.4, 0.5) is 0 Å². The Morgan fingerprint density at radius 3 is 3.31 bits per heavy atom. The highest BCUT2D eigenvalue weighted by molar-refractivity contribution is 5.07. The summed E-state index contributed by atoms with van der Waals surface area (Å²) in [6.45, 7) is 4.66. The molecular formula is C12H19N3O. The van der Waals surface area contributed by atoms with Gasteiger partial charge in [-0.25, -0.2) is 0 Å². The van der Waals surface area contributed by atoms with Gasteiger partial charge in [-0.1, -0.05) is 6.07 Å². The lowest BCUT2D eigenvalue weighted by Gasteiger charge is -2.30. The van der Waals surface area contributed by atoms with E-state index in [9.17, 15) is 0 Å². The minimum atomic E-state index is 0.315. The topological polar surface area (TPSA) is 37.4 Å². The number of nitrogens with one attached hydrogen (secondary N) is 1.